The van der Waals surface area contributed by atoms with Gasteiger partial charge in [-0.1, -0.05) is 6.07 Å². The second-order valence-electron chi connectivity index (χ2n) is 4.12. The van der Waals surface area contributed by atoms with E-state index < -0.39 is 0 Å². The van der Waals surface area contributed by atoms with Crippen LogP contribution in [0.1, 0.15) is 10.4 Å². The van der Waals surface area contributed by atoms with E-state index in [9.17, 15) is 9.90 Å². The summed E-state index contributed by atoms with van der Waals surface area (Å²) in [7, 11) is 0. The van der Waals surface area contributed by atoms with Crippen molar-refractivity contribution in [2.24, 2.45) is 0 Å². The fourth-order valence-corrected chi connectivity index (χ4v) is 2.38. The summed E-state index contributed by atoms with van der Waals surface area (Å²) >= 11 is 3.32. The van der Waals surface area contributed by atoms with Crippen LogP contribution < -0.4 is 5.73 Å². The number of rotatable bonds is 2. The molecule has 0 saturated carbocycles. The van der Waals surface area contributed by atoms with Crippen molar-refractivity contribution in [1.29, 1.82) is 0 Å². The number of carbonyl (C=O) groups excluding carboxylic acids is 1. The number of nitrogens with zero attached hydrogens (tertiary/aromatic N) is 1. The lowest BCUT2D eigenvalue weighted by Gasteiger charge is -2.34. The quantitative estimate of drug-likeness (QED) is 0.794. The maximum absolute atomic E-state index is 12.4. The average Bonchev–Trinajstić information content (AvgIpc) is 2.41. The highest BCUT2D eigenvalue weighted by atomic mass is 79.9. The van der Waals surface area contributed by atoms with Crippen molar-refractivity contribution in [3.63, 3.8) is 0 Å². The van der Waals surface area contributed by atoms with E-state index >= 15 is 0 Å². The first-order valence-corrected chi connectivity index (χ1v) is 6.48. The zero-order valence-corrected chi connectivity index (χ0v) is 11.4. The molecule has 2 rings (SSSR count). The molecule has 1 saturated heterocycles. The van der Waals surface area contributed by atoms with E-state index in [2.05, 4.69) is 15.9 Å². The number of anilines is 1. The van der Waals surface area contributed by atoms with E-state index in [1.165, 1.54) is 0 Å². The minimum absolute atomic E-state index is 0.105. The van der Waals surface area contributed by atoms with Gasteiger partial charge < -0.3 is 20.5 Å². The van der Waals surface area contributed by atoms with Gasteiger partial charge in [0.25, 0.3) is 5.91 Å². The van der Waals surface area contributed by atoms with Gasteiger partial charge in [0.15, 0.2) is 0 Å². The number of amides is 1. The third-order valence-electron chi connectivity index (χ3n) is 2.96. The summed E-state index contributed by atoms with van der Waals surface area (Å²) in [5.74, 6) is -0.142. The van der Waals surface area contributed by atoms with E-state index in [1.807, 2.05) is 0 Å². The number of carbonyl (C=O) groups is 1. The topological polar surface area (TPSA) is 75.8 Å². The molecule has 1 aliphatic heterocycles. The molecule has 1 aromatic rings. The molecule has 1 aliphatic rings. The van der Waals surface area contributed by atoms with E-state index in [0.29, 0.717) is 35.5 Å². The molecule has 0 aliphatic carbocycles. The lowest BCUT2D eigenvalue weighted by atomic mass is 10.1. The number of benzene rings is 1. The highest BCUT2D eigenvalue weighted by Crippen LogP contribution is 2.25. The van der Waals surface area contributed by atoms with Gasteiger partial charge in [-0.3, -0.25) is 4.79 Å². The lowest BCUT2D eigenvalue weighted by molar-refractivity contribution is -0.0184. The Balaban J connectivity index is 2.27. The number of nitrogen functional groups attached to an aromatic ring is 1. The van der Waals surface area contributed by atoms with Crippen molar-refractivity contribution in [3.8, 4) is 0 Å². The van der Waals surface area contributed by atoms with Crippen molar-refractivity contribution >= 4 is 27.5 Å². The van der Waals surface area contributed by atoms with Gasteiger partial charge in [0.2, 0.25) is 0 Å². The molecule has 0 aromatic heterocycles. The highest BCUT2D eigenvalue weighted by molar-refractivity contribution is 9.10. The largest absolute Gasteiger partial charge is 0.398 e. The summed E-state index contributed by atoms with van der Waals surface area (Å²) in [6, 6.07) is 4.89. The molecule has 1 aromatic carbocycles. The molecule has 5 nitrogen and oxygen atoms in total. The van der Waals surface area contributed by atoms with E-state index in [-0.39, 0.29) is 18.6 Å². The fraction of sp³-hybridized carbons (Fsp3) is 0.417. The Labute approximate surface area is 114 Å². The SMILES string of the molecule is Nc1cccc(C(=O)N2CCOCC2CO)c1Br. The van der Waals surface area contributed by atoms with Gasteiger partial charge in [-0.25, -0.2) is 0 Å². The summed E-state index contributed by atoms with van der Waals surface area (Å²) in [5.41, 5.74) is 6.80. The standard InChI is InChI=1S/C12H15BrN2O3/c13-11-9(2-1-3-10(11)14)12(17)15-4-5-18-7-8(15)6-16/h1-3,8,16H,4-7,14H2. The van der Waals surface area contributed by atoms with Gasteiger partial charge in [0, 0.05) is 12.2 Å². The summed E-state index contributed by atoms with van der Waals surface area (Å²) < 4.78 is 5.85. The molecule has 3 N–H and O–H groups in total. The molecule has 18 heavy (non-hydrogen) atoms. The van der Waals surface area contributed by atoms with Crippen LogP contribution in [0.3, 0.4) is 0 Å². The van der Waals surface area contributed by atoms with Crippen LogP contribution in [-0.2, 0) is 4.74 Å². The molecular weight excluding hydrogens is 300 g/mol. The summed E-state index contributed by atoms with van der Waals surface area (Å²) in [6.45, 7) is 1.22. The van der Waals surface area contributed by atoms with Crippen LogP contribution in [0.2, 0.25) is 0 Å². The number of nitrogens with two attached hydrogens (primary N) is 1. The Morgan fingerprint density at radius 2 is 2.39 bits per heavy atom. The molecule has 1 atom stereocenters. The Morgan fingerprint density at radius 3 is 3.11 bits per heavy atom. The molecular formula is C12H15BrN2O3. The van der Waals surface area contributed by atoms with Gasteiger partial charge in [0.1, 0.15) is 0 Å². The molecule has 1 heterocycles. The maximum atomic E-state index is 12.4. The number of hydrogen-bond acceptors (Lipinski definition) is 4. The van der Waals surface area contributed by atoms with Crippen molar-refractivity contribution in [1.82, 2.24) is 4.90 Å². The van der Waals surface area contributed by atoms with Gasteiger partial charge in [-0.2, -0.15) is 0 Å². The molecule has 0 radical (unpaired) electrons. The monoisotopic (exact) mass is 314 g/mol. The number of aliphatic hydroxyl groups excluding tert-OH is 1. The Kier molecular flexibility index (Phi) is 4.21. The minimum Gasteiger partial charge on any atom is -0.398 e. The molecule has 1 unspecified atom stereocenters. The third kappa shape index (κ3) is 2.50. The van der Waals surface area contributed by atoms with Crippen molar-refractivity contribution in [2.45, 2.75) is 6.04 Å². The van der Waals surface area contributed by atoms with Gasteiger partial charge >= 0.3 is 0 Å². The molecule has 1 amide bonds. The zero-order chi connectivity index (χ0) is 13.1. The number of ether oxygens (including phenoxy) is 1. The molecule has 0 bridgehead atoms. The molecule has 1 fully saturated rings. The maximum Gasteiger partial charge on any atom is 0.255 e. The number of hydrogen-bond donors (Lipinski definition) is 2. The van der Waals surface area contributed by atoms with Gasteiger partial charge in [-0.15, -0.1) is 0 Å². The van der Waals surface area contributed by atoms with Crippen LogP contribution in [0.25, 0.3) is 0 Å². The van der Waals surface area contributed by atoms with Gasteiger partial charge in [-0.05, 0) is 28.1 Å². The van der Waals surface area contributed by atoms with Crippen LogP contribution in [-0.4, -0.2) is 48.3 Å². The summed E-state index contributed by atoms with van der Waals surface area (Å²) in [4.78, 5) is 14.0. The summed E-state index contributed by atoms with van der Waals surface area (Å²) in [5, 5.41) is 9.27. The van der Waals surface area contributed by atoms with Crippen molar-refractivity contribution in [3.05, 3.63) is 28.2 Å². The van der Waals surface area contributed by atoms with Crippen molar-refractivity contribution in [2.75, 3.05) is 32.1 Å². The Bertz CT molecular complexity index is 453. The first-order chi connectivity index (χ1) is 8.65. The van der Waals surface area contributed by atoms with E-state index in [1.54, 1.807) is 23.1 Å². The van der Waals surface area contributed by atoms with E-state index in [0.717, 1.165) is 0 Å². The van der Waals surface area contributed by atoms with Crippen LogP contribution >= 0.6 is 15.9 Å². The molecule has 0 spiro atoms. The Hall–Kier alpha value is -1.11. The number of aliphatic hydroxyl groups is 1. The second-order valence-corrected chi connectivity index (χ2v) is 4.91. The summed E-state index contributed by atoms with van der Waals surface area (Å²) in [6.07, 6.45) is 0. The van der Waals surface area contributed by atoms with Crippen LogP contribution in [0.5, 0.6) is 0 Å². The fourth-order valence-electron chi connectivity index (χ4n) is 1.94. The number of halogens is 1. The highest BCUT2D eigenvalue weighted by Gasteiger charge is 2.28. The predicted octanol–water partition coefficient (Wildman–Crippen LogP) is 0.865. The third-order valence-corrected chi connectivity index (χ3v) is 3.84. The van der Waals surface area contributed by atoms with Crippen LogP contribution in [0.15, 0.2) is 22.7 Å². The van der Waals surface area contributed by atoms with Crippen LogP contribution in [0, 0.1) is 0 Å². The van der Waals surface area contributed by atoms with Crippen LogP contribution in [0.4, 0.5) is 5.69 Å². The first kappa shape index (κ1) is 13.3. The first-order valence-electron chi connectivity index (χ1n) is 5.68. The average molecular weight is 315 g/mol. The molecule has 98 valence electrons. The van der Waals surface area contributed by atoms with Gasteiger partial charge in [0.05, 0.1) is 35.9 Å². The van der Waals surface area contributed by atoms with E-state index in [4.69, 9.17) is 10.5 Å². The normalized spacial score (nSPS) is 19.9. The molecule has 6 heteroatoms. The minimum atomic E-state index is -0.292. The predicted molar refractivity (Wildman–Crippen MR) is 71.3 cm³/mol. The lowest BCUT2D eigenvalue weighted by Crippen LogP contribution is -2.50. The second kappa shape index (κ2) is 5.69. The van der Waals surface area contributed by atoms with Crippen molar-refractivity contribution < 1.29 is 14.6 Å². The smallest absolute Gasteiger partial charge is 0.255 e. The Morgan fingerprint density at radius 1 is 1.61 bits per heavy atom. The zero-order valence-electron chi connectivity index (χ0n) is 9.80. The number of morpholine rings is 1.